The second-order valence-electron chi connectivity index (χ2n) is 8.04. The van der Waals surface area contributed by atoms with E-state index < -0.39 is 28.8 Å². The Hall–Kier alpha value is -2.92. The van der Waals surface area contributed by atoms with Gasteiger partial charge in [0.25, 0.3) is 21.9 Å². The van der Waals surface area contributed by atoms with Crippen molar-refractivity contribution in [3.05, 3.63) is 54.0 Å². The molecule has 3 aromatic rings. The number of sulfonamides is 1. The Balaban J connectivity index is 1.70. The van der Waals surface area contributed by atoms with Crippen LogP contribution in [-0.4, -0.2) is 52.0 Å². The molecule has 1 fully saturated rings. The molecule has 1 aliphatic rings. The topological polar surface area (TPSA) is 96.7 Å². The number of carbonyl (C=O) groups is 1. The van der Waals surface area contributed by atoms with Crippen LogP contribution in [0, 0.1) is 0 Å². The molecule has 0 radical (unpaired) electrons. The van der Waals surface area contributed by atoms with E-state index in [2.05, 4.69) is 15.3 Å². The van der Waals surface area contributed by atoms with E-state index >= 15 is 0 Å². The third-order valence-corrected chi connectivity index (χ3v) is 7.30. The number of fused-ring (bicyclic) bond motifs is 1. The molecule has 32 heavy (non-hydrogen) atoms. The van der Waals surface area contributed by atoms with E-state index in [1.165, 1.54) is 16.8 Å². The molecule has 0 bridgehead atoms. The van der Waals surface area contributed by atoms with Crippen LogP contribution >= 0.6 is 0 Å². The highest BCUT2D eigenvalue weighted by molar-refractivity contribution is 7.89. The van der Waals surface area contributed by atoms with Crippen LogP contribution in [0.1, 0.15) is 48.7 Å². The molecule has 2 aromatic heterocycles. The van der Waals surface area contributed by atoms with Gasteiger partial charge in [-0.25, -0.2) is 27.2 Å². The lowest BCUT2D eigenvalue weighted by molar-refractivity contribution is -0.0412. The minimum absolute atomic E-state index is 0.0823. The summed E-state index contributed by atoms with van der Waals surface area (Å²) in [5, 5.41) is 2.59. The first-order chi connectivity index (χ1) is 15.1. The summed E-state index contributed by atoms with van der Waals surface area (Å²) >= 11 is 0. The quantitative estimate of drug-likeness (QED) is 0.625. The van der Waals surface area contributed by atoms with E-state index in [0.717, 1.165) is 4.31 Å². The number of nitrogens with one attached hydrogen (secondary N) is 1. The highest BCUT2D eigenvalue weighted by Crippen LogP contribution is 2.33. The molecular weight excluding hydrogens is 440 g/mol. The molecule has 1 amide bonds. The SMILES string of the molecule is CC(C)c1nc2cc(NC(=O)c3ccccc3)ncn2c1S(=O)(=O)N1CCC(F)(F)CC1. The van der Waals surface area contributed by atoms with Gasteiger partial charge in [0.15, 0.2) is 5.03 Å². The van der Waals surface area contributed by atoms with E-state index in [4.69, 9.17) is 0 Å². The maximum atomic E-state index is 13.6. The number of piperidine rings is 1. The van der Waals surface area contributed by atoms with Crippen molar-refractivity contribution in [3.63, 3.8) is 0 Å². The third kappa shape index (κ3) is 4.22. The Kier molecular flexibility index (Phi) is 5.72. The monoisotopic (exact) mass is 463 g/mol. The lowest BCUT2D eigenvalue weighted by Gasteiger charge is -2.31. The van der Waals surface area contributed by atoms with E-state index in [0.29, 0.717) is 11.3 Å². The van der Waals surface area contributed by atoms with Crippen LogP contribution in [0.15, 0.2) is 47.8 Å². The van der Waals surface area contributed by atoms with Crippen molar-refractivity contribution < 1.29 is 22.0 Å². The largest absolute Gasteiger partial charge is 0.306 e. The van der Waals surface area contributed by atoms with Gasteiger partial charge in [0.05, 0.1) is 5.69 Å². The van der Waals surface area contributed by atoms with Gasteiger partial charge in [-0.15, -0.1) is 0 Å². The molecule has 0 saturated carbocycles. The molecule has 4 rings (SSSR count). The molecule has 8 nitrogen and oxygen atoms in total. The van der Waals surface area contributed by atoms with Gasteiger partial charge in [0.1, 0.15) is 17.8 Å². The zero-order chi connectivity index (χ0) is 23.1. The molecule has 0 spiro atoms. The number of benzene rings is 1. The summed E-state index contributed by atoms with van der Waals surface area (Å²) in [6.45, 7) is 3.07. The molecule has 1 aliphatic heterocycles. The predicted molar refractivity (Wildman–Crippen MR) is 114 cm³/mol. The molecule has 3 heterocycles. The fourth-order valence-electron chi connectivity index (χ4n) is 3.60. The summed E-state index contributed by atoms with van der Waals surface area (Å²) in [5.74, 6) is -3.25. The van der Waals surface area contributed by atoms with Crippen molar-refractivity contribution in [3.8, 4) is 0 Å². The van der Waals surface area contributed by atoms with Crippen molar-refractivity contribution in [1.29, 1.82) is 0 Å². The van der Waals surface area contributed by atoms with Crippen LogP contribution in [0.4, 0.5) is 14.6 Å². The number of hydrogen-bond donors (Lipinski definition) is 1. The van der Waals surface area contributed by atoms with Crippen molar-refractivity contribution in [2.75, 3.05) is 18.4 Å². The van der Waals surface area contributed by atoms with Gasteiger partial charge in [-0.2, -0.15) is 4.31 Å². The standard InChI is InChI=1S/C21H23F2N5O3S/c1-14(2)18-20(32(30,31)27-10-8-21(22,23)9-11-27)28-13-24-16(12-17(28)26-18)25-19(29)15-6-4-3-5-7-15/h3-7,12-14H,8-11H2,1-2H3,(H,25,29). The van der Waals surface area contributed by atoms with Crippen LogP contribution in [0.2, 0.25) is 0 Å². The maximum Gasteiger partial charge on any atom is 0.261 e. The van der Waals surface area contributed by atoms with Crippen molar-refractivity contribution >= 4 is 27.4 Å². The van der Waals surface area contributed by atoms with E-state index in [1.807, 2.05) is 0 Å². The Morgan fingerprint density at radius 2 is 1.81 bits per heavy atom. The van der Waals surface area contributed by atoms with Gasteiger partial charge in [-0.05, 0) is 18.1 Å². The number of carbonyl (C=O) groups excluding carboxylic acids is 1. The normalized spacial score (nSPS) is 17.0. The Morgan fingerprint density at radius 1 is 1.16 bits per heavy atom. The Bertz CT molecular complexity index is 1250. The molecular formula is C21H23F2N5O3S. The zero-order valence-electron chi connectivity index (χ0n) is 17.6. The van der Waals surface area contributed by atoms with Gasteiger partial charge in [0.2, 0.25) is 0 Å². The van der Waals surface area contributed by atoms with Gasteiger partial charge < -0.3 is 5.32 Å². The lowest BCUT2D eigenvalue weighted by Crippen LogP contribution is -2.43. The molecule has 11 heteroatoms. The van der Waals surface area contributed by atoms with Crippen molar-refractivity contribution in [2.24, 2.45) is 0 Å². The summed E-state index contributed by atoms with van der Waals surface area (Å²) in [4.78, 5) is 21.0. The van der Waals surface area contributed by atoms with E-state index in [1.54, 1.807) is 44.2 Å². The first-order valence-corrected chi connectivity index (χ1v) is 11.6. The third-order valence-electron chi connectivity index (χ3n) is 5.36. The first kappa shape index (κ1) is 22.3. The summed E-state index contributed by atoms with van der Waals surface area (Å²) in [6, 6.07) is 10.1. The van der Waals surface area contributed by atoms with Gasteiger partial charge in [-0.3, -0.25) is 9.20 Å². The molecule has 0 unspecified atom stereocenters. The summed E-state index contributed by atoms with van der Waals surface area (Å²) in [7, 11) is -4.08. The second-order valence-corrected chi connectivity index (χ2v) is 9.89. The number of rotatable bonds is 5. The predicted octanol–water partition coefficient (Wildman–Crippen LogP) is 3.52. The maximum absolute atomic E-state index is 13.6. The number of hydrogen-bond acceptors (Lipinski definition) is 5. The highest BCUT2D eigenvalue weighted by Gasteiger charge is 2.41. The van der Waals surface area contributed by atoms with Gasteiger partial charge in [0, 0.05) is 37.6 Å². The Morgan fingerprint density at radius 3 is 2.44 bits per heavy atom. The van der Waals surface area contributed by atoms with Crippen LogP contribution in [0.25, 0.3) is 5.65 Å². The van der Waals surface area contributed by atoms with Gasteiger partial charge in [-0.1, -0.05) is 32.0 Å². The molecule has 1 saturated heterocycles. The van der Waals surface area contributed by atoms with Crippen molar-refractivity contribution in [1.82, 2.24) is 18.7 Å². The average Bonchev–Trinajstić information content (AvgIpc) is 3.14. The van der Waals surface area contributed by atoms with Crippen LogP contribution in [0.5, 0.6) is 0 Å². The number of imidazole rings is 1. The minimum atomic E-state index is -4.08. The Labute approximate surface area is 184 Å². The smallest absolute Gasteiger partial charge is 0.261 e. The van der Waals surface area contributed by atoms with Crippen LogP contribution < -0.4 is 5.32 Å². The molecule has 1 N–H and O–H groups in total. The van der Waals surface area contributed by atoms with Crippen LogP contribution in [0.3, 0.4) is 0 Å². The molecule has 0 aliphatic carbocycles. The molecule has 1 aromatic carbocycles. The number of halogens is 2. The zero-order valence-corrected chi connectivity index (χ0v) is 18.4. The number of amides is 1. The number of nitrogens with zero attached hydrogens (tertiary/aromatic N) is 4. The summed E-state index contributed by atoms with van der Waals surface area (Å²) in [5.41, 5.74) is 1.05. The lowest BCUT2D eigenvalue weighted by atomic mass is 10.1. The summed E-state index contributed by atoms with van der Waals surface area (Å²) < 4.78 is 56.3. The minimum Gasteiger partial charge on any atom is -0.306 e. The first-order valence-electron chi connectivity index (χ1n) is 10.2. The van der Waals surface area contributed by atoms with Crippen molar-refractivity contribution in [2.45, 2.75) is 43.6 Å². The molecule has 170 valence electrons. The second kappa shape index (κ2) is 8.21. The average molecular weight is 464 g/mol. The fourth-order valence-corrected chi connectivity index (χ4v) is 5.44. The van der Waals surface area contributed by atoms with E-state index in [-0.39, 0.29) is 41.4 Å². The van der Waals surface area contributed by atoms with E-state index in [9.17, 15) is 22.0 Å². The molecule has 0 atom stereocenters. The highest BCUT2D eigenvalue weighted by atomic mass is 32.2. The number of anilines is 1. The number of aromatic nitrogens is 3. The fraction of sp³-hybridized carbons (Fsp3) is 0.381. The van der Waals surface area contributed by atoms with Gasteiger partial charge >= 0.3 is 0 Å². The summed E-state index contributed by atoms with van der Waals surface area (Å²) in [6.07, 6.45) is 0.238. The number of alkyl halides is 2. The van der Waals surface area contributed by atoms with Crippen LogP contribution in [-0.2, 0) is 10.0 Å².